The van der Waals surface area contributed by atoms with E-state index < -0.39 is 0 Å². The van der Waals surface area contributed by atoms with Crippen molar-refractivity contribution >= 4 is 0 Å². The van der Waals surface area contributed by atoms with Crippen LogP contribution in [0.1, 0.15) is 39.0 Å². The normalized spacial score (nSPS) is 38.2. The largest absolute Gasteiger partial charge is 0.377 e. The van der Waals surface area contributed by atoms with Gasteiger partial charge in [0.1, 0.15) is 0 Å². The number of rotatable bonds is 2. The molecule has 0 bridgehead atoms. The van der Waals surface area contributed by atoms with Gasteiger partial charge in [0.15, 0.2) is 0 Å². The van der Waals surface area contributed by atoms with Crippen LogP contribution in [0.3, 0.4) is 0 Å². The first-order valence-corrected chi connectivity index (χ1v) is 6.83. The average molecular weight is 226 g/mol. The lowest BCUT2D eigenvalue weighted by Crippen LogP contribution is -2.38. The Bertz CT molecular complexity index is 210. The van der Waals surface area contributed by atoms with E-state index >= 15 is 0 Å². The molecule has 94 valence electrons. The molecule has 2 fully saturated rings. The van der Waals surface area contributed by atoms with Gasteiger partial charge in [0.2, 0.25) is 0 Å². The maximum absolute atomic E-state index is 6.05. The fourth-order valence-electron chi connectivity index (χ4n) is 3.11. The standard InChI is InChI=1S/C13H26N2O/c1-11-9-15(6-3-7-16-11)10-12-4-2-5-13(14)8-12/h11-13H,2-10,14H2,1H3. The van der Waals surface area contributed by atoms with Crippen molar-refractivity contribution < 1.29 is 4.74 Å². The summed E-state index contributed by atoms with van der Waals surface area (Å²) in [5, 5.41) is 0. The van der Waals surface area contributed by atoms with Crippen molar-refractivity contribution in [2.24, 2.45) is 11.7 Å². The molecule has 3 heteroatoms. The van der Waals surface area contributed by atoms with Crippen LogP contribution in [0.4, 0.5) is 0 Å². The zero-order valence-corrected chi connectivity index (χ0v) is 10.5. The summed E-state index contributed by atoms with van der Waals surface area (Å²) in [6.45, 7) is 6.66. The van der Waals surface area contributed by atoms with Gasteiger partial charge in [-0.3, -0.25) is 0 Å². The van der Waals surface area contributed by atoms with E-state index in [0.717, 1.165) is 19.1 Å². The lowest BCUT2D eigenvalue weighted by Gasteiger charge is -2.31. The maximum atomic E-state index is 6.05. The van der Waals surface area contributed by atoms with Crippen molar-refractivity contribution in [1.82, 2.24) is 4.90 Å². The van der Waals surface area contributed by atoms with Crippen molar-refractivity contribution in [2.45, 2.75) is 51.2 Å². The molecule has 2 rings (SSSR count). The van der Waals surface area contributed by atoms with Gasteiger partial charge < -0.3 is 15.4 Å². The summed E-state index contributed by atoms with van der Waals surface area (Å²) in [5.41, 5.74) is 6.05. The lowest BCUT2D eigenvalue weighted by molar-refractivity contribution is 0.0640. The van der Waals surface area contributed by atoms with Crippen LogP contribution >= 0.6 is 0 Å². The van der Waals surface area contributed by atoms with Crippen molar-refractivity contribution in [2.75, 3.05) is 26.2 Å². The minimum atomic E-state index is 0.403. The fourth-order valence-corrected chi connectivity index (χ4v) is 3.11. The van der Waals surface area contributed by atoms with Gasteiger partial charge in [-0.1, -0.05) is 6.42 Å². The molecule has 3 unspecified atom stereocenters. The Hall–Kier alpha value is -0.120. The van der Waals surface area contributed by atoms with Crippen molar-refractivity contribution in [3.05, 3.63) is 0 Å². The zero-order chi connectivity index (χ0) is 11.4. The van der Waals surface area contributed by atoms with Gasteiger partial charge in [-0.25, -0.2) is 0 Å². The maximum Gasteiger partial charge on any atom is 0.0673 e. The average Bonchev–Trinajstić information content (AvgIpc) is 2.43. The molecule has 0 spiro atoms. The molecule has 0 amide bonds. The Morgan fingerprint density at radius 1 is 1.31 bits per heavy atom. The Morgan fingerprint density at radius 2 is 2.19 bits per heavy atom. The molecule has 2 N–H and O–H groups in total. The summed E-state index contributed by atoms with van der Waals surface area (Å²) in [6, 6.07) is 0.458. The predicted molar refractivity (Wildman–Crippen MR) is 66.4 cm³/mol. The molecule has 0 aromatic rings. The molecule has 1 aliphatic heterocycles. The Balaban J connectivity index is 1.78. The van der Waals surface area contributed by atoms with Gasteiger partial charge in [-0.05, 0) is 38.5 Å². The van der Waals surface area contributed by atoms with Crippen LogP contribution in [0.15, 0.2) is 0 Å². The molecule has 0 radical (unpaired) electrons. The van der Waals surface area contributed by atoms with Gasteiger partial charge in [0.25, 0.3) is 0 Å². The first kappa shape index (κ1) is 12.3. The summed E-state index contributed by atoms with van der Waals surface area (Å²) in [5.74, 6) is 0.828. The molecule has 16 heavy (non-hydrogen) atoms. The first-order valence-electron chi connectivity index (χ1n) is 6.83. The SMILES string of the molecule is CC1CN(CC2CCCC(N)C2)CCCO1. The molecule has 3 atom stereocenters. The van der Waals surface area contributed by atoms with E-state index in [2.05, 4.69) is 11.8 Å². The molecule has 3 nitrogen and oxygen atoms in total. The molecular weight excluding hydrogens is 200 g/mol. The minimum absolute atomic E-state index is 0.403. The van der Waals surface area contributed by atoms with E-state index in [-0.39, 0.29) is 0 Å². The van der Waals surface area contributed by atoms with E-state index in [1.807, 2.05) is 0 Å². The van der Waals surface area contributed by atoms with E-state index in [0.29, 0.717) is 12.1 Å². The van der Waals surface area contributed by atoms with Gasteiger partial charge in [0, 0.05) is 32.3 Å². The Kier molecular flexibility index (Phi) is 4.62. The van der Waals surface area contributed by atoms with E-state index in [1.54, 1.807) is 0 Å². The molecular formula is C13H26N2O. The minimum Gasteiger partial charge on any atom is -0.377 e. The first-order chi connectivity index (χ1) is 7.74. The van der Waals surface area contributed by atoms with Crippen LogP contribution in [-0.4, -0.2) is 43.3 Å². The van der Waals surface area contributed by atoms with Crippen LogP contribution in [0.5, 0.6) is 0 Å². The fraction of sp³-hybridized carbons (Fsp3) is 1.00. The second kappa shape index (κ2) is 5.99. The summed E-state index contributed by atoms with van der Waals surface area (Å²) in [4.78, 5) is 2.58. The predicted octanol–water partition coefficient (Wildman–Crippen LogP) is 1.61. The zero-order valence-electron chi connectivity index (χ0n) is 10.5. The summed E-state index contributed by atoms with van der Waals surface area (Å²) >= 11 is 0. The van der Waals surface area contributed by atoms with E-state index in [1.165, 1.54) is 45.2 Å². The molecule has 1 aliphatic carbocycles. The van der Waals surface area contributed by atoms with Crippen LogP contribution in [0, 0.1) is 5.92 Å². The van der Waals surface area contributed by atoms with Crippen molar-refractivity contribution in [1.29, 1.82) is 0 Å². The molecule has 1 heterocycles. The number of nitrogens with zero attached hydrogens (tertiary/aromatic N) is 1. The van der Waals surface area contributed by atoms with E-state index in [4.69, 9.17) is 10.5 Å². The topological polar surface area (TPSA) is 38.5 Å². The van der Waals surface area contributed by atoms with Crippen molar-refractivity contribution in [3.63, 3.8) is 0 Å². The number of nitrogens with two attached hydrogens (primary N) is 1. The van der Waals surface area contributed by atoms with Gasteiger partial charge in [-0.2, -0.15) is 0 Å². The lowest BCUT2D eigenvalue weighted by atomic mass is 9.86. The van der Waals surface area contributed by atoms with Gasteiger partial charge >= 0.3 is 0 Å². The van der Waals surface area contributed by atoms with Gasteiger partial charge in [0.05, 0.1) is 6.10 Å². The highest BCUT2D eigenvalue weighted by Gasteiger charge is 2.23. The second-order valence-electron chi connectivity index (χ2n) is 5.59. The summed E-state index contributed by atoms with van der Waals surface area (Å²) in [7, 11) is 0. The highest BCUT2D eigenvalue weighted by Crippen LogP contribution is 2.24. The molecule has 0 aromatic heterocycles. The molecule has 2 aliphatic rings. The number of hydrogen-bond donors (Lipinski definition) is 1. The quantitative estimate of drug-likeness (QED) is 0.777. The highest BCUT2D eigenvalue weighted by molar-refractivity contribution is 4.78. The number of ether oxygens (including phenoxy) is 1. The third-order valence-corrected chi connectivity index (χ3v) is 3.88. The second-order valence-corrected chi connectivity index (χ2v) is 5.59. The van der Waals surface area contributed by atoms with Crippen LogP contribution in [-0.2, 0) is 4.74 Å². The monoisotopic (exact) mass is 226 g/mol. The summed E-state index contributed by atoms with van der Waals surface area (Å²) in [6.07, 6.45) is 6.75. The highest BCUT2D eigenvalue weighted by atomic mass is 16.5. The van der Waals surface area contributed by atoms with Crippen LogP contribution in [0.25, 0.3) is 0 Å². The van der Waals surface area contributed by atoms with Crippen LogP contribution in [0.2, 0.25) is 0 Å². The van der Waals surface area contributed by atoms with Gasteiger partial charge in [-0.15, -0.1) is 0 Å². The Morgan fingerprint density at radius 3 is 3.00 bits per heavy atom. The molecule has 1 saturated heterocycles. The van der Waals surface area contributed by atoms with E-state index in [9.17, 15) is 0 Å². The van der Waals surface area contributed by atoms with Crippen molar-refractivity contribution in [3.8, 4) is 0 Å². The smallest absolute Gasteiger partial charge is 0.0673 e. The number of hydrogen-bond acceptors (Lipinski definition) is 3. The Labute approximate surface area is 99.3 Å². The van der Waals surface area contributed by atoms with Crippen LogP contribution < -0.4 is 5.73 Å². The third kappa shape index (κ3) is 3.72. The third-order valence-electron chi connectivity index (χ3n) is 3.88. The summed E-state index contributed by atoms with van der Waals surface area (Å²) < 4.78 is 5.68. The molecule has 0 aromatic carbocycles. The molecule has 1 saturated carbocycles.